The fourth-order valence-electron chi connectivity index (χ4n) is 4.30. The zero-order valence-corrected chi connectivity index (χ0v) is 22.6. The maximum absolute atomic E-state index is 13.5. The largest absolute Gasteiger partial charge is 0.463 e. The third kappa shape index (κ3) is 7.98. The predicted octanol–water partition coefficient (Wildman–Crippen LogP) is 2.62. The summed E-state index contributed by atoms with van der Waals surface area (Å²) in [7, 11) is 0. The molecule has 1 aliphatic rings. The van der Waals surface area contributed by atoms with Gasteiger partial charge in [0.25, 0.3) is 5.91 Å². The van der Waals surface area contributed by atoms with Gasteiger partial charge in [-0.3, -0.25) is 14.4 Å². The molecule has 0 radical (unpaired) electrons. The van der Waals surface area contributed by atoms with E-state index in [4.69, 9.17) is 19.9 Å². The number of rotatable bonds is 13. The summed E-state index contributed by atoms with van der Waals surface area (Å²) in [6.07, 6.45) is 2.98. The fraction of sp³-hybridized carbons (Fsp3) is 0.267. The second kappa shape index (κ2) is 13.8. The Morgan fingerprint density at radius 3 is 2.59 bits per heavy atom. The Bertz CT molecular complexity index is 1420. The topological polar surface area (TPSA) is 162 Å². The Morgan fingerprint density at radius 1 is 1.02 bits per heavy atom. The van der Waals surface area contributed by atoms with E-state index < -0.39 is 35.8 Å². The average molecular weight is 561 g/mol. The van der Waals surface area contributed by atoms with Crippen LogP contribution in [0.5, 0.6) is 11.5 Å². The van der Waals surface area contributed by atoms with E-state index in [1.54, 1.807) is 25.1 Å². The SMILES string of the molecule is CCOC(=O)/C=C/[C@@H](CCC(N)=O)NC(=O)[C@@H](Cc1ccccc1)NC(=O)c1ccc(-c2cccc3c2OCO3)[nH]1. The number of carbonyl (C=O) groups excluding carboxylic acids is 4. The Hall–Kier alpha value is -5.06. The van der Waals surface area contributed by atoms with Crippen molar-refractivity contribution in [3.8, 4) is 22.8 Å². The molecule has 1 aliphatic heterocycles. The monoisotopic (exact) mass is 560 g/mol. The molecule has 0 bridgehead atoms. The Balaban J connectivity index is 1.52. The molecule has 3 aromatic rings. The summed E-state index contributed by atoms with van der Waals surface area (Å²) in [5.74, 6) is -0.919. The number of benzene rings is 2. The Labute approximate surface area is 237 Å². The number of aromatic amines is 1. The lowest BCUT2D eigenvalue weighted by Crippen LogP contribution is -2.50. The van der Waals surface area contributed by atoms with Gasteiger partial charge in [0, 0.05) is 36.2 Å². The highest BCUT2D eigenvalue weighted by molar-refractivity contribution is 5.97. The summed E-state index contributed by atoms with van der Waals surface area (Å²) >= 11 is 0. The van der Waals surface area contributed by atoms with Crippen LogP contribution >= 0.6 is 0 Å². The molecule has 214 valence electrons. The van der Waals surface area contributed by atoms with Crippen LogP contribution in [0.4, 0.5) is 0 Å². The minimum absolute atomic E-state index is 0.0168. The molecule has 11 nitrogen and oxygen atoms in total. The number of aromatic nitrogens is 1. The maximum atomic E-state index is 13.5. The zero-order chi connectivity index (χ0) is 29.2. The van der Waals surface area contributed by atoms with E-state index in [1.807, 2.05) is 42.5 Å². The first kappa shape index (κ1) is 28.9. The molecule has 3 amide bonds. The third-order valence-corrected chi connectivity index (χ3v) is 6.30. The zero-order valence-electron chi connectivity index (χ0n) is 22.6. The van der Waals surface area contributed by atoms with Crippen LogP contribution in [0.15, 0.2) is 72.8 Å². The van der Waals surface area contributed by atoms with Gasteiger partial charge in [0.1, 0.15) is 11.7 Å². The van der Waals surface area contributed by atoms with Crippen molar-refractivity contribution in [2.75, 3.05) is 13.4 Å². The van der Waals surface area contributed by atoms with Crippen molar-refractivity contribution in [3.05, 3.63) is 84.1 Å². The normalized spacial score (nSPS) is 13.4. The van der Waals surface area contributed by atoms with Crippen molar-refractivity contribution in [1.82, 2.24) is 15.6 Å². The highest BCUT2D eigenvalue weighted by Crippen LogP contribution is 2.40. The second-order valence-electron chi connectivity index (χ2n) is 9.27. The number of hydrogen-bond acceptors (Lipinski definition) is 7. The van der Waals surface area contributed by atoms with Gasteiger partial charge < -0.3 is 35.6 Å². The molecule has 0 spiro atoms. The summed E-state index contributed by atoms with van der Waals surface area (Å²) < 4.78 is 15.9. The lowest BCUT2D eigenvalue weighted by Gasteiger charge is -2.22. The number of fused-ring (bicyclic) bond motifs is 1. The van der Waals surface area contributed by atoms with E-state index in [1.165, 1.54) is 12.2 Å². The molecule has 2 heterocycles. The van der Waals surface area contributed by atoms with Crippen LogP contribution in [0.3, 0.4) is 0 Å². The van der Waals surface area contributed by atoms with Crippen molar-refractivity contribution in [1.29, 1.82) is 0 Å². The van der Waals surface area contributed by atoms with Gasteiger partial charge in [-0.2, -0.15) is 0 Å². The summed E-state index contributed by atoms with van der Waals surface area (Å²) in [6.45, 7) is 1.99. The highest BCUT2D eigenvalue weighted by atomic mass is 16.7. The van der Waals surface area contributed by atoms with Gasteiger partial charge >= 0.3 is 5.97 Å². The van der Waals surface area contributed by atoms with Crippen LogP contribution in [-0.4, -0.2) is 54.2 Å². The predicted molar refractivity (Wildman–Crippen MR) is 150 cm³/mol. The third-order valence-electron chi connectivity index (χ3n) is 6.30. The molecule has 41 heavy (non-hydrogen) atoms. The van der Waals surface area contributed by atoms with Crippen molar-refractivity contribution >= 4 is 23.7 Å². The molecular weight excluding hydrogens is 528 g/mol. The number of ether oxygens (including phenoxy) is 3. The molecule has 4 rings (SSSR count). The van der Waals surface area contributed by atoms with Crippen molar-refractivity contribution in [2.24, 2.45) is 5.73 Å². The average Bonchev–Trinajstić information content (AvgIpc) is 3.65. The lowest BCUT2D eigenvalue weighted by atomic mass is 10.0. The van der Waals surface area contributed by atoms with E-state index in [9.17, 15) is 19.2 Å². The molecule has 2 aromatic carbocycles. The maximum Gasteiger partial charge on any atom is 0.330 e. The van der Waals surface area contributed by atoms with Gasteiger partial charge in [-0.25, -0.2) is 4.79 Å². The first-order valence-electron chi connectivity index (χ1n) is 13.2. The van der Waals surface area contributed by atoms with Crippen LogP contribution < -0.4 is 25.8 Å². The lowest BCUT2D eigenvalue weighted by molar-refractivity contribution is -0.137. The minimum atomic E-state index is -0.971. The van der Waals surface area contributed by atoms with Crippen LogP contribution in [0.2, 0.25) is 0 Å². The molecule has 1 aromatic heterocycles. The number of para-hydroxylation sites is 1. The van der Waals surface area contributed by atoms with E-state index in [0.717, 1.165) is 11.1 Å². The summed E-state index contributed by atoms with van der Waals surface area (Å²) in [4.78, 5) is 53.1. The number of carbonyl (C=O) groups is 4. The van der Waals surface area contributed by atoms with Gasteiger partial charge in [-0.05, 0) is 43.2 Å². The number of H-pyrrole nitrogens is 1. The van der Waals surface area contributed by atoms with E-state index in [0.29, 0.717) is 17.2 Å². The van der Waals surface area contributed by atoms with Crippen LogP contribution in [-0.2, 0) is 25.5 Å². The van der Waals surface area contributed by atoms with Gasteiger partial charge in [0.15, 0.2) is 11.5 Å². The van der Waals surface area contributed by atoms with E-state index in [2.05, 4.69) is 15.6 Å². The van der Waals surface area contributed by atoms with Crippen molar-refractivity contribution < 1.29 is 33.4 Å². The standard InChI is InChI=1S/C30H32N4O7/c1-2-39-27(36)16-12-20(11-15-26(31)35)32-30(38)24(17-19-7-4-3-5-8-19)34-29(37)23-14-13-22(33-23)21-9-6-10-25-28(21)41-18-40-25/h3-10,12-14,16,20,24,33H,2,11,15,17-18H2,1H3,(H2,31,35)(H,32,38)(H,34,37)/b16-12+/t20-,24-/m1/s1. The molecule has 0 aliphatic carbocycles. The minimum Gasteiger partial charge on any atom is -0.463 e. The van der Waals surface area contributed by atoms with E-state index >= 15 is 0 Å². The molecule has 0 saturated heterocycles. The first-order valence-corrected chi connectivity index (χ1v) is 13.2. The van der Waals surface area contributed by atoms with Crippen molar-refractivity contribution in [2.45, 2.75) is 38.3 Å². The quantitative estimate of drug-likeness (QED) is 0.185. The number of primary amides is 1. The smallest absolute Gasteiger partial charge is 0.330 e. The van der Waals surface area contributed by atoms with Gasteiger partial charge in [-0.1, -0.05) is 42.5 Å². The first-order chi connectivity index (χ1) is 19.8. The summed E-state index contributed by atoms with van der Waals surface area (Å²) in [5, 5.41) is 5.62. The number of nitrogens with one attached hydrogen (secondary N) is 3. The molecular formula is C30H32N4O7. The fourth-order valence-corrected chi connectivity index (χ4v) is 4.30. The van der Waals surface area contributed by atoms with Crippen molar-refractivity contribution in [3.63, 3.8) is 0 Å². The number of hydrogen-bond donors (Lipinski definition) is 4. The van der Waals surface area contributed by atoms with Crippen LogP contribution in [0.1, 0.15) is 35.8 Å². The molecule has 0 unspecified atom stereocenters. The molecule has 11 heteroatoms. The molecule has 0 saturated carbocycles. The number of amides is 3. The Kier molecular flexibility index (Phi) is 9.76. The van der Waals surface area contributed by atoms with Gasteiger partial charge in [0.05, 0.1) is 6.61 Å². The van der Waals surface area contributed by atoms with Gasteiger partial charge in [-0.15, -0.1) is 0 Å². The van der Waals surface area contributed by atoms with Gasteiger partial charge in [0.2, 0.25) is 18.6 Å². The number of nitrogens with two attached hydrogens (primary N) is 1. The van der Waals surface area contributed by atoms with Crippen LogP contribution in [0.25, 0.3) is 11.3 Å². The summed E-state index contributed by atoms with van der Waals surface area (Å²) in [6, 6.07) is 16.4. The van der Waals surface area contributed by atoms with Crippen LogP contribution in [0, 0.1) is 0 Å². The molecule has 0 fully saturated rings. The van der Waals surface area contributed by atoms with E-state index in [-0.39, 0.29) is 38.4 Å². The Morgan fingerprint density at radius 2 is 1.83 bits per heavy atom. The number of esters is 1. The molecule has 5 N–H and O–H groups in total. The second-order valence-corrected chi connectivity index (χ2v) is 9.27. The molecule has 2 atom stereocenters. The highest BCUT2D eigenvalue weighted by Gasteiger charge is 2.25. The summed E-state index contributed by atoms with van der Waals surface area (Å²) in [5.41, 5.74) is 7.76.